The third-order valence-electron chi connectivity index (χ3n) is 4.39. The third kappa shape index (κ3) is 3.41. The van der Waals surface area contributed by atoms with Crippen molar-refractivity contribution >= 4 is 5.91 Å². The smallest absolute Gasteiger partial charge is 0.251 e. The van der Waals surface area contributed by atoms with Gasteiger partial charge in [-0.1, -0.05) is 12.1 Å². The van der Waals surface area contributed by atoms with E-state index in [0.29, 0.717) is 5.56 Å². The van der Waals surface area contributed by atoms with Crippen LogP contribution in [0.3, 0.4) is 0 Å². The van der Waals surface area contributed by atoms with E-state index in [-0.39, 0.29) is 11.5 Å². The van der Waals surface area contributed by atoms with Crippen LogP contribution >= 0.6 is 0 Å². The predicted octanol–water partition coefficient (Wildman–Crippen LogP) is 4.33. The molecule has 2 aromatic rings. The molecule has 0 saturated carbocycles. The summed E-state index contributed by atoms with van der Waals surface area (Å²) in [6.45, 7) is 1.69. The Kier molecular flexibility index (Phi) is 4.42. The highest BCUT2D eigenvalue weighted by Gasteiger charge is 2.17. The zero-order valence-corrected chi connectivity index (χ0v) is 13.0. The summed E-state index contributed by atoms with van der Waals surface area (Å²) in [4.78, 5) is 12.4. The van der Waals surface area contributed by atoms with Crippen molar-refractivity contribution < 1.29 is 13.6 Å². The molecule has 0 fully saturated rings. The number of hydrogen-bond acceptors (Lipinski definition) is 1. The van der Waals surface area contributed by atoms with Crippen LogP contribution < -0.4 is 5.32 Å². The monoisotopic (exact) mass is 315 g/mol. The fourth-order valence-corrected chi connectivity index (χ4v) is 3.09. The molecule has 1 atom stereocenters. The van der Waals surface area contributed by atoms with Crippen LogP contribution in [0, 0.1) is 11.6 Å². The summed E-state index contributed by atoms with van der Waals surface area (Å²) in [5, 5.41) is 2.78. The maximum atomic E-state index is 13.8. The Morgan fingerprint density at radius 2 is 1.78 bits per heavy atom. The molecule has 3 rings (SSSR count). The van der Waals surface area contributed by atoms with Crippen LogP contribution in [0.4, 0.5) is 8.78 Å². The zero-order valence-electron chi connectivity index (χ0n) is 13.0. The quantitative estimate of drug-likeness (QED) is 0.897. The molecule has 4 heteroatoms. The van der Waals surface area contributed by atoms with Gasteiger partial charge >= 0.3 is 0 Å². The van der Waals surface area contributed by atoms with Crippen molar-refractivity contribution in [2.45, 2.75) is 38.6 Å². The largest absolute Gasteiger partial charge is 0.345 e. The number of carbonyl (C=O) groups is 1. The van der Waals surface area contributed by atoms with E-state index in [2.05, 4.69) is 5.32 Å². The van der Waals surface area contributed by atoms with Gasteiger partial charge in [0.05, 0.1) is 6.04 Å². The van der Waals surface area contributed by atoms with Crippen molar-refractivity contribution in [3.63, 3.8) is 0 Å². The Morgan fingerprint density at radius 1 is 1.04 bits per heavy atom. The number of fused-ring (bicyclic) bond motifs is 1. The normalized spacial score (nSPS) is 14.9. The highest BCUT2D eigenvalue weighted by Crippen LogP contribution is 2.23. The highest BCUT2D eigenvalue weighted by atomic mass is 19.1. The number of halogens is 2. The van der Waals surface area contributed by atoms with E-state index in [9.17, 15) is 13.6 Å². The van der Waals surface area contributed by atoms with E-state index >= 15 is 0 Å². The second kappa shape index (κ2) is 6.49. The molecule has 2 nitrogen and oxygen atoms in total. The first-order valence-corrected chi connectivity index (χ1v) is 7.92. The molecule has 2 aromatic carbocycles. The van der Waals surface area contributed by atoms with Gasteiger partial charge in [-0.25, -0.2) is 8.78 Å². The molecule has 1 N–H and O–H groups in total. The van der Waals surface area contributed by atoms with Crippen LogP contribution in [0.1, 0.15) is 52.9 Å². The molecular formula is C19H19F2NO. The zero-order chi connectivity index (χ0) is 16.4. The van der Waals surface area contributed by atoms with Crippen molar-refractivity contribution in [3.8, 4) is 0 Å². The Bertz CT molecular complexity index is 742. The van der Waals surface area contributed by atoms with E-state index in [1.807, 2.05) is 18.2 Å². The fraction of sp³-hybridized carbons (Fsp3) is 0.316. The van der Waals surface area contributed by atoms with Gasteiger partial charge in [0.2, 0.25) is 0 Å². The Morgan fingerprint density at radius 3 is 2.52 bits per heavy atom. The molecule has 1 aliphatic rings. The molecular weight excluding hydrogens is 296 g/mol. The van der Waals surface area contributed by atoms with Gasteiger partial charge < -0.3 is 5.32 Å². The lowest BCUT2D eigenvalue weighted by Gasteiger charge is -2.18. The van der Waals surface area contributed by atoms with Crippen LogP contribution in [0.2, 0.25) is 0 Å². The summed E-state index contributed by atoms with van der Waals surface area (Å²) in [7, 11) is 0. The minimum absolute atomic E-state index is 0.241. The molecule has 0 spiro atoms. The van der Waals surface area contributed by atoms with Gasteiger partial charge in [-0.05, 0) is 61.9 Å². The number of rotatable bonds is 3. The first-order chi connectivity index (χ1) is 11.0. The molecule has 0 bridgehead atoms. The number of benzene rings is 2. The summed E-state index contributed by atoms with van der Waals surface area (Å²) in [6, 6.07) is 8.61. The summed E-state index contributed by atoms with van der Waals surface area (Å²) >= 11 is 0. The Labute approximate surface area is 134 Å². The highest BCUT2D eigenvalue weighted by molar-refractivity contribution is 5.94. The van der Waals surface area contributed by atoms with Gasteiger partial charge in [0.1, 0.15) is 11.6 Å². The number of aryl methyl sites for hydroxylation is 2. The van der Waals surface area contributed by atoms with Crippen molar-refractivity contribution in [2.24, 2.45) is 0 Å². The number of hydrogen-bond donors (Lipinski definition) is 1. The Hall–Kier alpha value is -2.23. The summed E-state index contributed by atoms with van der Waals surface area (Å²) < 4.78 is 26.8. The minimum Gasteiger partial charge on any atom is -0.345 e. The average Bonchev–Trinajstić information content (AvgIpc) is 2.54. The van der Waals surface area contributed by atoms with Crippen LogP contribution in [0.25, 0.3) is 0 Å². The van der Waals surface area contributed by atoms with E-state index in [1.165, 1.54) is 29.7 Å². The van der Waals surface area contributed by atoms with E-state index in [4.69, 9.17) is 0 Å². The summed E-state index contributed by atoms with van der Waals surface area (Å²) in [5.41, 5.74) is 3.40. The van der Waals surface area contributed by atoms with Gasteiger partial charge in [-0.15, -0.1) is 0 Å². The standard InChI is InChI=1S/C19H19F2NO/c1-12(17-9-8-16(20)11-18(17)21)22-19(23)15-7-6-13-4-2-3-5-14(13)10-15/h6-12H,2-5H2,1H3,(H,22,23)/t12-/m1/s1. The van der Waals surface area contributed by atoms with E-state index in [1.54, 1.807) is 6.92 Å². The average molecular weight is 315 g/mol. The number of nitrogens with one attached hydrogen (secondary N) is 1. The van der Waals surface area contributed by atoms with Gasteiger partial charge in [-0.2, -0.15) is 0 Å². The molecule has 0 radical (unpaired) electrons. The predicted molar refractivity (Wildman–Crippen MR) is 85.3 cm³/mol. The van der Waals surface area contributed by atoms with Crippen LogP contribution in [-0.4, -0.2) is 5.91 Å². The molecule has 0 saturated heterocycles. The third-order valence-corrected chi connectivity index (χ3v) is 4.39. The lowest BCUT2D eigenvalue weighted by Crippen LogP contribution is -2.27. The van der Waals surface area contributed by atoms with Gasteiger partial charge in [0, 0.05) is 17.2 Å². The summed E-state index contributed by atoms with van der Waals surface area (Å²) in [6.07, 6.45) is 4.40. The van der Waals surface area contributed by atoms with E-state index in [0.717, 1.165) is 25.3 Å². The fourth-order valence-electron chi connectivity index (χ4n) is 3.09. The maximum Gasteiger partial charge on any atom is 0.251 e. The van der Waals surface area contributed by atoms with Crippen molar-refractivity contribution in [2.75, 3.05) is 0 Å². The van der Waals surface area contributed by atoms with Crippen molar-refractivity contribution in [1.29, 1.82) is 0 Å². The topological polar surface area (TPSA) is 29.1 Å². The molecule has 1 amide bonds. The van der Waals surface area contributed by atoms with Crippen LogP contribution in [0.15, 0.2) is 36.4 Å². The number of amides is 1. The second-order valence-electron chi connectivity index (χ2n) is 6.05. The van der Waals surface area contributed by atoms with Crippen LogP contribution in [-0.2, 0) is 12.8 Å². The summed E-state index contributed by atoms with van der Waals surface area (Å²) in [5.74, 6) is -1.52. The minimum atomic E-state index is -0.650. The lowest BCUT2D eigenvalue weighted by atomic mass is 9.90. The van der Waals surface area contributed by atoms with Crippen molar-refractivity contribution in [1.82, 2.24) is 5.32 Å². The second-order valence-corrected chi connectivity index (χ2v) is 6.05. The maximum absolute atomic E-state index is 13.8. The molecule has 0 unspecified atom stereocenters. The first kappa shape index (κ1) is 15.7. The molecule has 0 heterocycles. The lowest BCUT2D eigenvalue weighted by molar-refractivity contribution is 0.0939. The number of carbonyl (C=O) groups excluding carboxylic acids is 1. The molecule has 0 aliphatic heterocycles. The van der Waals surface area contributed by atoms with Gasteiger partial charge in [0.15, 0.2) is 0 Å². The molecule has 120 valence electrons. The molecule has 0 aromatic heterocycles. The first-order valence-electron chi connectivity index (χ1n) is 7.92. The molecule has 23 heavy (non-hydrogen) atoms. The van der Waals surface area contributed by atoms with Crippen LogP contribution in [0.5, 0.6) is 0 Å². The van der Waals surface area contributed by atoms with Gasteiger partial charge in [-0.3, -0.25) is 4.79 Å². The van der Waals surface area contributed by atoms with Crippen molar-refractivity contribution in [3.05, 3.63) is 70.3 Å². The molecule has 1 aliphatic carbocycles. The van der Waals surface area contributed by atoms with E-state index < -0.39 is 17.7 Å². The Balaban J connectivity index is 1.76. The SMILES string of the molecule is C[C@@H](NC(=O)c1ccc2c(c1)CCCC2)c1ccc(F)cc1F. The van der Waals surface area contributed by atoms with Gasteiger partial charge in [0.25, 0.3) is 5.91 Å².